The molecule has 0 bridgehead atoms. The number of hydrogen-bond donors (Lipinski definition) is 1. The minimum atomic E-state index is -0.972. The fraction of sp³-hybridized carbons (Fsp3) is 0.238. The first-order valence-corrected chi connectivity index (χ1v) is 8.54. The second kappa shape index (κ2) is 7.53. The number of nitrogens with one attached hydrogen (secondary N) is 1. The summed E-state index contributed by atoms with van der Waals surface area (Å²) in [6, 6.07) is 12.6. The van der Waals surface area contributed by atoms with Crippen molar-refractivity contribution in [3.8, 4) is 5.75 Å². The van der Waals surface area contributed by atoms with Crippen LogP contribution in [-0.2, 0) is 9.53 Å². The molecular weight excluding hydrogens is 346 g/mol. The number of anilines is 1. The van der Waals surface area contributed by atoms with Crippen LogP contribution in [0.1, 0.15) is 28.6 Å². The van der Waals surface area contributed by atoms with E-state index in [0.29, 0.717) is 22.6 Å². The van der Waals surface area contributed by atoms with Crippen molar-refractivity contribution < 1.29 is 23.5 Å². The molecule has 0 saturated heterocycles. The maximum Gasteiger partial charge on any atom is 0.375 e. The number of ether oxygens (including phenoxy) is 2. The van der Waals surface area contributed by atoms with Crippen molar-refractivity contribution in [2.45, 2.75) is 26.9 Å². The van der Waals surface area contributed by atoms with Gasteiger partial charge in [-0.1, -0.05) is 12.1 Å². The number of carbonyl (C=O) groups excluding carboxylic acids is 2. The Hall–Kier alpha value is -3.28. The molecule has 0 unspecified atom stereocenters. The molecule has 140 valence electrons. The number of hydrogen-bond acceptors (Lipinski definition) is 5. The largest absolute Gasteiger partial charge is 0.497 e. The highest BCUT2D eigenvalue weighted by Crippen LogP contribution is 2.29. The lowest BCUT2D eigenvalue weighted by Gasteiger charge is -2.13. The highest BCUT2D eigenvalue weighted by Gasteiger charge is 2.24. The maximum atomic E-state index is 12.5. The van der Waals surface area contributed by atoms with Gasteiger partial charge in [0.15, 0.2) is 6.10 Å². The van der Waals surface area contributed by atoms with Crippen LogP contribution in [0.15, 0.2) is 46.9 Å². The van der Waals surface area contributed by atoms with Gasteiger partial charge >= 0.3 is 5.97 Å². The molecule has 0 aliphatic rings. The zero-order chi connectivity index (χ0) is 19.6. The Morgan fingerprint density at radius 1 is 1.11 bits per heavy atom. The van der Waals surface area contributed by atoms with Crippen LogP contribution in [-0.4, -0.2) is 25.1 Å². The molecule has 0 aliphatic heterocycles. The molecule has 2 aromatic carbocycles. The van der Waals surface area contributed by atoms with E-state index in [-0.39, 0.29) is 5.76 Å². The monoisotopic (exact) mass is 367 g/mol. The van der Waals surface area contributed by atoms with Crippen LogP contribution in [0.3, 0.4) is 0 Å². The van der Waals surface area contributed by atoms with Crippen LogP contribution in [0.4, 0.5) is 5.69 Å². The van der Waals surface area contributed by atoms with Gasteiger partial charge in [-0.15, -0.1) is 0 Å². The summed E-state index contributed by atoms with van der Waals surface area (Å²) in [5.41, 5.74) is 2.86. The SMILES string of the molecule is COc1ccc2oc(C(=O)O[C@H](C)C(=O)Nc3cccc(C)c3)c(C)c2c1. The standard InChI is InChI=1S/C21H21NO5/c1-12-6-5-7-15(10-12)22-20(23)14(3)26-21(24)19-13(2)17-11-16(25-4)8-9-18(17)27-19/h5-11,14H,1-4H3,(H,22,23)/t14-/m1/s1. The quantitative estimate of drug-likeness (QED) is 0.683. The zero-order valence-corrected chi connectivity index (χ0v) is 15.7. The van der Waals surface area contributed by atoms with Gasteiger partial charge in [-0.05, 0) is 56.7 Å². The first kappa shape index (κ1) is 18.5. The second-order valence-corrected chi connectivity index (χ2v) is 6.32. The third kappa shape index (κ3) is 3.95. The molecule has 0 saturated carbocycles. The van der Waals surface area contributed by atoms with Crippen molar-refractivity contribution >= 4 is 28.5 Å². The van der Waals surface area contributed by atoms with E-state index < -0.39 is 18.0 Å². The third-order valence-corrected chi connectivity index (χ3v) is 4.27. The molecule has 0 radical (unpaired) electrons. The second-order valence-electron chi connectivity index (χ2n) is 6.32. The molecule has 1 N–H and O–H groups in total. The van der Waals surface area contributed by atoms with Crippen molar-refractivity contribution in [3.63, 3.8) is 0 Å². The fourth-order valence-electron chi connectivity index (χ4n) is 2.76. The van der Waals surface area contributed by atoms with Crippen LogP contribution < -0.4 is 10.1 Å². The number of rotatable bonds is 5. The first-order valence-electron chi connectivity index (χ1n) is 8.54. The number of carbonyl (C=O) groups is 2. The molecule has 1 aromatic heterocycles. The summed E-state index contributed by atoms with van der Waals surface area (Å²) in [5, 5.41) is 3.49. The van der Waals surface area contributed by atoms with E-state index in [1.54, 1.807) is 38.3 Å². The van der Waals surface area contributed by atoms with Crippen molar-refractivity contribution in [1.29, 1.82) is 0 Å². The van der Waals surface area contributed by atoms with Crippen molar-refractivity contribution in [3.05, 3.63) is 59.4 Å². The summed E-state index contributed by atoms with van der Waals surface area (Å²) in [4.78, 5) is 24.8. The summed E-state index contributed by atoms with van der Waals surface area (Å²) >= 11 is 0. The Morgan fingerprint density at radius 2 is 1.89 bits per heavy atom. The molecule has 1 atom stereocenters. The van der Waals surface area contributed by atoms with E-state index in [0.717, 1.165) is 10.9 Å². The lowest BCUT2D eigenvalue weighted by Crippen LogP contribution is -2.30. The first-order chi connectivity index (χ1) is 12.9. The van der Waals surface area contributed by atoms with E-state index in [4.69, 9.17) is 13.9 Å². The van der Waals surface area contributed by atoms with Crippen LogP contribution in [0.2, 0.25) is 0 Å². The highest BCUT2D eigenvalue weighted by molar-refractivity contribution is 5.99. The van der Waals surface area contributed by atoms with Gasteiger partial charge in [0, 0.05) is 16.6 Å². The van der Waals surface area contributed by atoms with Crippen LogP contribution >= 0.6 is 0 Å². The smallest absolute Gasteiger partial charge is 0.375 e. The summed E-state index contributed by atoms with van der Waals surface area (Å²) in [5.74, 6) is -0.357. The van der Waals surface area contributed by atoms with Gasteiger partial charge in [0.2, 0.25) is 5.76 Å². The van der Waals surface area contributed by atoms with Crippen molar-refractivity contribution in [1.82, 2.24) is 0 Å². The molecule has 3 aromatic rings. The van der Waals surface area contributed by atoms with E-state index in [2.05, 4.69) is 5.32 Å². The predicted molar refractivity (Wildman–Crippen MR) is 102 cm³/mol. The van der Waals surface area contributed by atoms with Gasteiger partial charge in [-0.25, -0.2) is 4.79 Å². The number of aryl methyl sites for hydroxylation is 2. The third-order valence-electron chi connectivity index (χ3n) is 4.27. The fourth-order valence-corrected chi connectivity index (χ4v) is 2.76. The van der Waals surface area contributed by atoms with Crippen LogP contribution in [0.25, 0.3) is 11.0 Å². The van der Waals surface area contributed by atoms with Gasteiger partial charge < -0.3 is 19.2 Å². The molecule has 0 fully saturated rings. The van der Waals surface area contributed by atoms with E-state index in [1.165, 1.54) is 6.92 Å². The number of methoxy groups -OCH3 is 1. The molecule has 0 spiro atoms. The van der Waals surface area contributed by atoms with Crippen LogP contribution in [0.5, 0.6) is 5.75 Å². The van der Waals surface area contributed by atoms with Crippen LogP contribution in [0, 0.1) is 13.8 Å². The topological polar surface area (TPSA) is 77.8 Å². The minimum absolute atomic E-state index is 0.0773. The normalized spacial score (nSPS) is 11.9. The minimum Gasteiger partial charge on any atom is -0.497 e. The maximum absolute atomic E-state index is 12.5. The molecule has 27 heavy (non-hydrogen) atoms. The highest BCUT2D eigenvalue weighted by atomic mass is 16.6. The molecule has 1 heterocycles. The Morgan fingerprint density at radius 3 is 2.59 bits per heavy atom. The van der Waals surface area contributed by atoms with Gasteiger partial charge in [0.25, 0.3) is 5.91 Å². The van der Waals surface area contributed by atoms with E-state index in [9.17, 15) is 9.59 Å². The summed E-state index contributed by atoms with van der Waals surface area (Å²) < 4.78 is 16.1. The molecule has 6 heteroatoms. The summed E-state index contributed by atoms with van der Waals surface area (Å²) in [7, 11) is 1.57. The molecule has 1 amide bonds. The van der Waals surface area contributed by atoms with Gasteiger partial charge in [0.05, 0.1) is 7.11 Å². The Balaban J connectivity index is 1.73. The predicted octanol–water partition coefficient (Wildman–Crippen LogP) is 4.24. The van der Waals surface area contributed by atoms with Gasteiger partial charge in [0.1, 0.15) is 11.3 Å². The number of benzene rings is 2. The molecular formula is C21H21NO5. The van der Waals surface area contributed by atoms with E-state index >= 15 is 0 Å². The lowest BCUT2D eigenvalue weighted by atomic mass is 10.1. The number of furan rings is 1. The summed E-state index contributed by atoms with van der Waals surface area (Å²) in [6.45, 7) is 5.21. The van der Waals surface area contributed by atoms with Gasteiger partial charge in [-0.2, -0.15) is 0 Å². The van der Waals surface area contributed by atoms with Crippen molar-refractivity contribution in [2.24, 2.45) is 0 Å². The summed E-state index contributed by atoms with van der Waals surface area (Å²) in [6.07, 6.45) is -0.972. The molecule has 3 rings (SSSR count). The van der Waals surface area contributed by atoms with Crippen molar-refractivity contribution in [2.75, 3.05) is 12.4 Å². The number of amides is 1. The molecule has 0 aliphatic carbocycles. The lowest BCUT2D eigenvalue weighted by molar-refractivity contribution is -0.123. The zero-order valence-electron chi connectivity index (χ0n) is 15.7. The van der Waals surface area contributed by atoms with Gasteiger partial charge in [-0.3, -0.25) is 4.79 Å². The molecule has 6 nitrogen and oxygen atoms in total. The Labute approximate surface area is 157 Å². The number of esters is 1. The Bertz CT molecular complexity index is 1000. The number of fused-ring (bicyclic) bond motifs is 1. The average molecular weight is 367 g/mol. The Kier molecular flexibility index (Phi) is 5.16. The van der Waals surface area contributed by atoms with E-state index in [1.807, 2.05) is 25.1 Å². The average Bonchev–Trinajstić information content (AvgIpc) is 2.98.